The van der Waals surface area contributed by atoms with Gasteiger partial charge in [-0.3, -0.25) is 4.79 Å². The van der Waals surface area contributed by atoms with Crippen LogP contribution in [0.4, 0.5) is 4.79 Å². The van der Waals surface area contributed by atoms with Gasteiger partial charge >= 0.3 is 6.09 Å². The lowest BCUT2D eigenvalue weighted by Crippen LogP contribution is -2.47. The summed E-state index contributed by atoms with van der Waals surface area (Å²) in [6.45, 7) is 1.82. The average molecular weight is 316 g/mol. The topological polar surface area (TPSA) is 49.9 Å². The first-order valence-electron chi connectivity index (χ1n) is 8.36. The summed E-state index contributed by atoms with van der Waals surface area (Å²) in [6.07, 6.45) is 3.56. The largest absolute Gasteiger partial charge is 0.453 e. The van der Waals surface area contributed by atoms with Gasteiger partial charge in [-0.1, -0.05) is 30.3 Å². The van der Waals surface area contributed by atoms with Crippen molar-refractivity contribution in [2.75, 3.05) is 20.2 Å². The number of amides is 2. The maximum atomic E-state index is 13.0. The molecular formula is C18H24N2O3. The average Bonchev–Trinajstić information content (AvgIpc) is 3.44. The lowest BCUT2D eigenvalue weighted by Gasteiger charge is -2.34. The highest BCUT2D eigenvalue weighted by Gasteiger charge is 2.38. The summed E-state index contributed by atoms with van der Waals surface area (Å²) < 4.78 is 4.80. The number of rotatable bonds is 4. The van der Waals surface area contributed by atoms with E-state index < -0.39 is 0 Å². The molecule has 1 aromatic carbocycles. The number of benzene rings is 1. The van der Waals surface area contributed by atoms with Gasteiger partial charge in [0.25, 0.3) is 0 Å². The Bertz CT molecular complexity index is 557. The molecule has 124 valence electrons. The van der Waals surface area contributed by atoms with Crippen molar-refractivity contribution in [3.05, 3.63) is 35.9 Å². The maximum absolute atomic E-state index is 13.0. The van der Waals surface area contributed by atoms with Gasteiger partial charge in [-0.25, -0.2) is 4.79 Å². The van der Waals surface area contributed by atoms with Crippen LogP contribution in [0.25, 0.3) is 0 Å². The Morgan fingerprint density at radius 3 is 2.61 bits per heavy atom. The lowest BCUT2D eigenvalue weighted by atomic mass is 9.96. The van der Waals surface area contributed by atoms with Crippen LogP contribution in [-0.4, -0.2) is 48.0 Å². The molecule has 1 aromatic rings. The molecule has 1 atom stereocenters. The number of nitrogens with zero attached hydrogens (tertiary/aromatic N) is 2. The molecule has 1 unspecified atom stereocenters. The first-order valence-corrected chi connectivity index (χ1v) is 8.36. The van der Waals surface area contributed by atoms with Crippen LogP contribution in [-0.2, 0) is 16.1 Å². The SMILES string of the molecule is COC(=O)N1CCCC(C(=O)N(Cc2ccccc2)C2CC2)C1. The number of carbonyl (C=O) groups excluding carboxylic acids is 2. The van der Waals surface area contributed by atoms with E-state index in [1.807, 2.05) is 23.1 Å². The fourth-order valence-electron chi connectivity index (χ4n) is 3.26. The zero-order valence-electron chi connectivity index (χ0n) is 13.6. The first kappa shape index (κ1) is 15.8. The maximum Gasteiger partial charge on any atom is 0.409 e. The number of likely N-dealkylation sites (tertiary alicyclic amines) is 1. The van der Waals surface area contributed by atoms with E-state index in [0.717, 1.165) is 31.2 Å². The Morgan fingerprint density at radius 1 is 1.22 bits per heavy atom. The monoisotopic (exact) mass is 316 g/mol. The smallest absolute Gasteiger partial charge is 0.409 e. The summed E-state index contributed by atoms with van der Waals surface area (Å²) in [6, 6.07) is 10.5. The van der Waals surface area contributed by atoms with Gasteiger partial charge in [0.15, 0.2) is 0 Å². The van der Waals surface area contributed by atoms with E-state index in [-0.39, 0.29) is 17.9 Å². The van der Waals surface area contributed by atoms with Crippen LogP contribution in [0.1, 0.15) is 31.2 Å². The second-order valence-corrected chi connectivity index (χ2v) is 6.44. The molecule has 2 aliphatic rings. The number of carbonyl (C=O) groups is 2. The minimum absolute atomic E-state index is 0.104. The predicted molar refractivity (Wildman–Crippen MR) is 86.7 cm³/mol. The van der Waals surface area contributed by atoms with Gasteiger partial charge < -0.3 is 14.5 Å². The van der Waals surface area contributed by atoms with E-state index in [1.165, 1.54) is 7.11 Å². The van der Waals surface area contributed by atoms with E-state index in [9.17, 15) is 9.59 Å². The van der Waals surface area contributed by atoms with Gasteiger partial charge in [0.1, 0.15) is 0 Å². The minimum atomic E-state index is -0.330. The summed E-state index contributed by atoms with van der Waals surface area (Å²) in [5.74, 6) is 0.0807. The molecule has 0 N–H and O–H groups in total. The molecule has 1 saturated carbocycles. The number of hydrogen-bond acceptors (Lipinski definition) is 3. The lowest BCUT2D eigenvalue weighted by molar-refractivity contribution is -0.138. The molecule has 1 saturated heterocycles. The van der Waals surface area contributed by atoms with Crippen LogP contribution >= 0.6 is 0 Å². The van der Waals surface area contributed by atoms with E-state index >= 15 is 0 Å². The van der Waals surface area contributed by atoms with E-state index in [1.54, 1.807) is 4.90 Å². The summed E-state index contributed by atoms with van der Waals surface area (Å²) in [4.78, 5) is 28.4. The number of piperidine rings is 1. The Balaban J connectivity index is 1.67. The zero-order chi connectivity index (χ0) is 16.2. The second kappa shape index (κ2) is 7.02. The van der Waals surface area contributed by atoms with Gasteiger partial charge in [-0.15, -0.1) is 0 Å². The Kier molecular flexibility index (Phi) is 4.84. The van der Waals surface area contributed by atoms with Crippen LogP contribution in [0.3, 0.4) is 0 Å². The number of hydrogen-bond donors (Lipinski definition) is 0. The third kappa shape index (κ3) is 3.84. The van der Waals surface area contributed by atoms with Gasteiger partial charge in [-0.05, 0) is 31.2 Å². The molecule has 0 bridgehead atoms. The van der Waals surface area contributed by atoms with Gasteiger partial charge in [0, 0.05) is 25.7 Å². The molecule has 1 aliphatic carbocycles. The second-order valence-electron chi connectivity index (χ2n) is 6.44. The first-order chi connectivity index (χ1) is 11.2. The van der Waals surface area contributed by atoms with Crippen LogP contribution in [0, 0.1) is 5.92 Å². The summed E-state index contributed by atoms with van der Waals surface area (Å²) in [7, 11) is 1.39. The third-order valence-corrected chi connectivity index (χ3v) is 4.67. The van der Waals surface area contributed by atoms with Crippen molar-refractivity contribution < 1.29 is 14.3 Å². The molecule has 0 spiro atoms. The summed E-state index contributed by atoms with van der Waals surface area (Å²) in [5.41, 5.74) is 1.16. The summed E-state index contributed by atoms with van der Waals surface area (Å²) >= 11 is 0. The van der Waals surface area contributed by atoms with Crippen LogP contribution < -0.4 is 0 Å². The van der Waals surface area contributed by atoms with Crippen LogP contribution in [0.2, 0.25) is 0 Å². The molecule has 1 heterocycles. The molecule has 2 amide bonds. The van der Waals surface area contributed by atoms with E-state index in [0.29, 0.717) is 25.7 Å². The van der Waals surface area contributed by atoms with Crippen molar-refractivity contribution in [2.45, 2.75) is 38.3 Å². The third-order valence-electron chi connectivity index (χ3n) is 4.67. The number of ether oxygens (including phenoxy) is 1. The standard InChI is InChI=1S/C18H24N2O3/c1-23-18(22)19-11-5-8-15(13-19)17(21)20(16-9-10-16)12-14-6-3-2-4-7-14/h2-4,6-7,15-16H,5,8-13H2,1H3. The van der Waals surface area contributed by atoms with Crippen molar-refractivity contribution in [3.63, 3.8) is 0 Å². The fraction of sp³-hybridized carbons (Fsp3) is 0.556. The molecule has 5 heteroatoms. The molecule has 3 rings (SSSR count). The molecule has 5 nitrogen and oxygen atoms in total. The van der Waals surface area contributed by atoms with E-state index in [4.69, 9.17) is 4.74 Å². The predicted octanol–water partition coefficient (Wildman–Crippen LogP) is 2.66. The van der Waals surface area contributed by atoms with Crippen molar-refractivity contribution in [1.29, 1.82) is 0 Å². The van der Waals surface area contributed by atoms with Crippen LogP contribution in [0.15, 0.2) is 30.3 Å². The molecule has 0 radical (unpaired) electrons. The zero-order valence-corrected chi connectivity index (χ0v) is 13.6. The molecular weight excluding hydrogens is 292 g/mol. The Hall–Kier alpha value is -2.04. The van der Waals surface area contributed by atoms with Gasteiger partial charge in [0.05, 0.1) is 13.0 Å². The molecule has 1 aliphatic heterocycles. The van der Waals surface area contributed by atoms with Crippen molar-refractivity contribution in [3.8, 4) is 0 Å². The van der Waals surface area contributed by atoms with Crippen molar-refractivity contribution >= 4 is 12.0 Å². The quantitative estimate of drug-likeness (QED) is 0.858. The van der Waals surface area contributed by atoms with Crippen molar-refractivity contribution in [1.82, 2.24) is 9.80 Å². The highest BCUT2D eigenvalue weighted by atomic mass is 16.5. The molecule has 2 fully saturated rings. The fourth-order valence-corrected chi connectivity index (χ4v) is 3.26. The highest BCUT2D eigenvalue weighted by Crippen LogP contribution is 2.31. The highest BCUT2D eigenvalue weighted by molar-refractivity contribution is 5.80. The number of methoxy groups -OCH3 is 1. The van der Waals surface area contributed by atoms with Crippen molar-refractivity contribution in [2.24, 2.45) is 5.92 Å². The normalized spacial score (nSPS) is 20.9. The summed E-state index contributed by atoms with van der Waals surface area (Å²) in [5, 5.41) is 0. The minimum Gasteiger partial charge on any atom is -0.453 e. The molecule has 23 heavy (non-hydrogen) atoms. The van der Waals surface area contributed by atoms with Crippen LogP contribution in [0.5, 0.6) is 0 Å². The van der Waals surface area contributed by atoms with Gasteiger partial charge in [-0.2, -0.15) is 0 Å². The van der Waals surface area contributed by atoms with Gasteiger partial charge in [0.2, 0.25) is 5.91 Å². The Morgan fingerprint density at radius 2 is 1.96 bits per heavy atom. The van der Waals surface area contributed by atoms with E-state index in [2.05, 4.69) is 12.1 Å². The Labute approximate surface area is 137 Å². The molecule has 0 aromatic heterocycles.